The van der Waals surface area contributed by atoms with Gasteiger partial charge in [0.25, 0.3) is 5.56 Å². The molecular formula is C17H16ClKN2O3S2. The number of rotatable bonds is 4. The van der Waals surface area contributed by atoms with Crippen LogP contribution in [0.5, 0.6) is 0 Å². The quantitative estimate of drug-likeness (QED) is 0.589. The van der Waals surface area contributed by atoms with Crippen molar-refractivity contribution >= 4 is 94.2 Å². The molecule has 2 heterocycles. The van der Waals surface area contributed by atoms with E-state index < -0.39 is 9.84 Å². The molecule has 2 aromatic heterocycles. The number of hydrogen-bond donors (Lipinski definition) is 0. The number of benzene rings is 1. The number of nitrogens with zero attached hydrogens (tertiary/aromatic N) is 2. The second-order valence-corrected chi connectivity index (χ2v) is 9.15. The van der Waals surface area contributed by atoms with E-state index in [4.69, 9.17) is 11.6 Å². The molecule has 3 rings (SSSR count). The molecule has 0 saturated carbocycles. The summed E-state index contributed by atoms with van der Waals surface area (Å²) in [6.07, 6.45) is 2.62. The van der Waals surface area contributed by atoms with E-state index in [1.165, 1.54) is 17.4 Å². The molecule has 0 bridgehead atoms. The minimum absolute atomic E-state index is 0. The van der Waals surface area contributed by atoms with Crippen molar-refractivity contribution in [2.75, 3.05) is 6.26 Å². The molecule has 0 unspecified atom stereocenters. The van der Waals surface area contributed by atoms with Crippen LogP contribution in [0.15, 0.2) is 40.0 Å². The summed E-state index contributed by atoms with van der Waals surface area (Å²) in [7, 11) is -3.40. The number of fused-ring (bicyclic) bond motifs is 1. The van der Waals surface area contributed by atoms with Crippen LogP contribution >= 0.6 is 22.9 Å². The number of aromatic nitrogens is 2. The van der Waals surface area contributed by atoms with Gasteiger partial charge < -0.3 is 0 Å². The summed E-state index contributed by atoms with van der Waals surface area (Å²) in [5, 5.41) is 1.37. The Balaban J connectivity index is 0.00000243. The third-order valence-electron chi connectivity index (χ3n) is 3.59. The van der Waals surface area contributed by atoms with Gasteiger partial charge in [-0.15, -0.1) is 11.3 Å². The number of sulfone groups is 1. The van der Waals surface area contributed by atoms with Crippen molar-refractivity contribution in [3.8, 4) is 10.7 Å². The SMILES string of the molecule is CCCc1cc(S(C)(=O)=O)cc(-c2nc(=O)c3ccc(Cl)cc3s2)n1.[KH]. The monoisotopic (exact) mass is 434 g/mol. The molecule has 1 aromatic carbocycles. The molecule has 5 nitrogen and oxygen atoms in total. The molecule has 0 aliphatic rings. The Kier molecular flexibility index (Phi) is 7.54. The summed E-state index contributed by atoms with van der Waals surface area (Å²) >= 11 is 7.27. The van der Waals surface area contributed by atoms with Gasteiger partial charge in [-0.25, -0.2) is 8.42 Å². The average Bonchev–Trinajstić information content (AvgIpc) is 2.53. The van der Waals surface area contributed by atoms with Gasteiger partial charge in [0, 0.05) is 21.7 Å². The second-order valence-electron chi connectivity index (χ2n) is 5.67. The minimum atomic E-state index is -3.40. The molecule has 0 aliphatic heterocycles. The second kappa shape index (κ2) is 8.87. The van der Waals surface area contributed by atoms with Gasteiger partial charge in [0.2, 0.25) is 0 Å². The Morgan fingerprint density at radius 3 is 2.54 bits per heavy atom. The molecule has 0 atom stereocenters. The third kappa shape index (κ3) is 4.99. The summed E-state index contributed by atoms with van der Waals surface area (Å²) in [4.78, 5) is 21.0. The van der Waals surface area contributed by atoms with Gasteiger partial charge in [-0.1, -0.05) is 24.9 Å². The average molecular weight is 435 g/mol. The molecule has 0 amide bonds. The van der Waals surface area contributed by atoms with Crippen LogP contribution in [0.25, 0.3) is 20.8 Å². The Bertz CT molecular complexity index is 1130. The first-order valence-corrected chi connectivity index (χ1v) is 10.7. The molecular weight excluding hydrogens is 419 g/mol. The number of hydrogen-bond acceptors (Lipinski definition) is 6. The van der Waals surface area contributed by atoms with Crippen LogP contribution in [0.1, 0.15) is 19.0 Å². The standard InChI is InChI=1S/C17H15ClN2O3S2.K.H/c1-3-4-11-8-12(25(2,22)23)9-14(19-11)17-20-16(21)13-6-5-10(18)7-15(13)24-17;;/h5-9H,3-4H2,1-2H3;;. The van der Waals surface area contributed by atoms with Gasteiger partial charge in [-0.3, -0.25) is 9.78 Å². The summed E-state index contributed by atoms with van der Waals surface area (Å²) < 4.78 is 24.6. The van der Waals surface area contributed by atoms with Crippen LogP contribution < -0.4 is 5.56 Å². The Hall–Kier alpha value is -0.194. The van der Waals surface area contributed by atoms with Crippen molar-refractivity contribution in [3.05, 3.63) is 51.4 Å². The third-order valence-corrected chi connectivity index (χ3v) is 5.97. The zero-order valence-corrected chi connectivity index (χ0v) is 16.0. The van der Waals surface area contributed by atoms with Gasteiger partial charge >= 0.3 is 51.4 Å². The van der Waals surface area contributed by atoms with Crippen molar-refractivity contribution in [2.24, 2.45) is 0 Å². The molecule has 0 spiro atoms. The first-order chi connectivity index (χ1) is 11.8. The van der Waals surface area contributed by atoms with E-state index in [1.807, 2.05) is 6.92 Å². The molecule has 3 aromatic rings. The molecule has 0 aliphatic carbocycles. The Morgan fingerprint density at radius 2 is 1.88 bits per heavy atom. The fourth-order valence-electron chi connectivity index (χ4n) is 2.41. The number of aryl methyl sites for hydroxylation is 1. The van der Waals surface area contributed by atoms with Crippen LogP contribution in [-0.2, 0) is 16.3 Å². The van der Waals surface area contributed by atoms with Gasteiger partial charge in [0.1, 0.15) is 10.7 Å². The molecule has 0 radical (unpaired) electrons. The van der Waals surface area contributed by atoms with Gasteiger partial charge in [-0.2, -0.15) is 4.98 Å². The Morgan fingerprint density at radius 1 is 1.15 bits per heavy atom. The first kappa shape index (κ1) is 22.1. The number of halogens is 1. The summed E-state index contributed by atoms with van der Waals surface area (Å²) in [5.41, 5.74) is 0.660. The topological polar surface area (TPSA) is 77.0 Å². The molecule has 0 N–H and O–H groups in total. The number of pyridine rings is 1. The van der Waals surface area contributed by atoms with Gasteiger partial charge in [0.05, 0.1) is 10.3 Å². The molecule has 0 fully saturated rings. The van der Waals surface area contributed by atoms with E-state index in [9.17, 15) is 13.2 Å². The zero-order chi connectivity index (χ0) is 18.2. The van der Waals surface area contributed by atoms with E-state index in [0.717, 1.165) is 12.7 Å². The van der Waals surface area contributed by atoms with Crippen LogP contribution in [0.2, 0.25) is 5.02 Å². The summed E-state index contributed by atoms with van der Waals surface area (Å²) in [6.45, 7) is 1.99. The van der Waals surface area contributed by atoms with Crippen LogP contribution in [0.3, 0.4) is 0 Å². The van der Waals surface area contributed by atoms with E-state index in [2.05, 4.69) is 9.97 Å². The molecule has 26 heavy (non-hydrogen) atoms. The normalized spacial score (nSPS) is 11.3. The maximum atomic E-state index is 12.3. The van der Waals surface area contributed by atoms with Gasteiger partial charge in [-0.05, 0) is 36.8 Å². The maximum absolute atomic E-state index is 12.3. The van der Waals surface area contributed by atoms with E-state index in [-0.39, 0.29) is 61.8 Å². The van der Waals surface area contributed by atoms with Crippen molar-refractivity contribution in [2.45, 2.75) is 24.7 Å². The fraction of sp³-hybridized carbons (Fsp3) is 0.235. The van der Waals surface area contributed by atoms with Crippen molar-refractivity contribution in [1.82, 2.24) is 9.97 Å². The van der Waals surface area contributed by atoms with E-state index in [0.29, 0.717) is 37.9 Å². The van der Waals surface area contributed by atoms with Crippen LogP contribution in [0, 0.1) is 0 Å². The molecule has 9 heteroatoms. The molecule has 0 saturated heterocycles. The van der Waals surface area contributed by atoms with Gasteiger partial charge in [0.15, 0.2) is 9.84 Å². The first-order valence-electron chi connectivity index (χ1n) is 7.59. The van der Waals surface area contributed by atoms with Crippen molar-refractivity contribution in [1.29, 1.82) is 0 Å². The molecule has 132 valence electrons. The summed E-state index contributed by atoms with van der Waals surface area (Å²) in [6, 6.07) is 8.01. The fourth-order valence-corrected chi connectivity index (χ4v) is 4.32. The summed E-state index contributed by atoms with van der Waals surface area (Å²) in [5.74, 6) is 0. The van der Waals surface area contributed by atoms with Crippen LogP contribution in [-0.4, -0.2) is 76.0 Å². The van der Waals surface area contributed by atoms with Crippen molar-refractivity contribution in [3.63, 3.8) is 0 Å². The van der Waals surface area contributed by atoms with Crippen LogP contribution in [0.4, 0.5) is 0 Å². The predicted molar refractivity (Wildman–Crippen MR) is 108 cm³/mol. The van der Waals surface area contributed by atoms with E-state index >= 15 is 0 Å². The zero-order valence-electron chi connectivity index (χ0n) is 13.6. The van der Waals surface area contributed by atoms with Crippen molar-refractivity contribution < 1.29 is 8.42 Å². The Labute approximate surface area is 203 Å². The van der Waals surface area contributed by atoms with E-state index in [1.54, 1.807) is 24.3 Å². The predicted octanol–water partition coefficient (Wildman–Crippen LogP) is 3.08.